The number of hydrogen-bond acceptors (Lipinski definition) is 5. The SMILES string of the molecule is NC1=NN(CCCO)C2CC(c3cccc(F)c3OCC(F)(F)C(F)(F)F)=CC=C12. The summed E-state index contributed by atoms with van der Waals surface area (Å²) >= 11 is 0. The van der Waals surface area contributed by atoms with Crippen molar-refractivity contribution in [1.29, 1.82) is 0 Å². The van der Waals surface area contributed by atoms with Gasteiger partial charge in [-0.3, -0.25) is 5.01 Å². The quantitative estimate of drug-likeness (QED) is 0.644. The number of aliphatic hydroxyl groups is 1. The maximum absolute atomic E-state index is 14.3. The molecule has 0 bridgehead atoms. The highest BCUT2D eigenvalue weighted by Gasteiger charge is 2.58. The Bertz CT molecular complexity index is 895. The van der Waals surface area contributed by atoms with Crippen molar-refractivity contribution in [2.24, 2.45) is 10.8 Å². The number of hydrogen-bond donors (Lipinski definition) is 2. The van der Waals surface area contributed by atoms with Gasteiger partial charge < -0.3 is 15.6 Å². The van der Waals surface area contributed by atoms with Crippen molar-refractivity contribution in [2.45, 2.75) is 31.0 Å². The van der Waals surface area contributed by atoms with Crippen LogP contribution in [0, 0.1) is 5.82 Å². The fraction of sp³-hybridized carbons (Fsp3) is 0.421. The molecule has 1 aromatic carbocycles. The lowest BCUT2D eigenvalue weighted by molar-refractivity contribution is -0.290. The Morgan fingerprint density at radius 2 is 1.93 bits per heavy atom. The number of nitrogens with zero attached hydrogens (tertiary/aromatic N) is 2. The summed E-state index contributed by atoms with van der Waals surface area (Å²) in [4.78, 5) is 0. The zero-order valence-corrected chi connectivity index (χ0v) is 15.6. The Kier molecular flexibility index (Phi) is 6.02. The van der Waals surface area contributed by atoms with Gasteiger partial charge in [0, 0.05) is 24.3 Å². The molecule has 0 aromatic heterocycles. The number of hydrazone groups is 1. The van der Waals surface area contributed by atoms with Crippen molar-refractivity contribution in [3.63, 3.8) is 0 Å². The van der Waals surface area contributed by atoms with Gasteiger partial charge in [0.15, 0.2) is 18.2 Å². The van der Waals surface area contributed by atoms with Crippen LogP contribution < -0.4 is 10.5 Å². The van der Waals surface area contributed by atoms with Gasteiger partial charge in [-0.15, -0.1) is 0 Å². The van der Waals surface area contributed by atoms with Crippen molar-refractivity contribution in [1.82, 2.24) is 5.01 Å². The van der Waals surface area contributed by atoms with E-state index in [9.17, 15) is 26.3 Å². The molecule has 1 aromatic rings. The van der Waals surface area contributed by atoms with Crippen molar-refractivity contribution in [3.05, 3.63) is 47.3 Å². The number of ether oxygens (including phenoxy) is 1. The highest BCUT2D eigenvalue weighted by Crippen LogP contribution is 2.40. The molecule has 3 rings (SSSR count). The van der Waals surface area contributed by atoms with Crippen LogP contribution in [0.25, 0.3) is 5.57 Å². The molecular weight excluding hydrogens is 416 g/mol. The molecule has 2 aliphatic rings. The molecule has 0 fully saturated rings. The highest BCUT2D eigenvalue weighted by atomic mass is 19.4. The third-order valence-corrected chi connectivity index (χ3v) is 4.80. The molecule has 1 atom stereocenters. The van der Waals surface area contributed by atoms with Crippen LogP contribution in [0.1, 0.15) is 18.4 Å². The molecular formula is C19H19F6N3O2. The Balaban J connectivity index is 1.87. The summed E-state index contributed by atoms with van der Waals surface area (Å²) in [5.74, 6) is -6.58. The highest BCUT2D eigenvalue weighted by molar-refractivity contribution is 6.01. The standard InChI is InChI=1S/C19H19F6N3O2/c20-14-4-1-3-12(16(14)30-10-18(21,22)19(23,24)25)11-5-6-13-15(9-11)28(7-2-8-29)27-17(13)26/h1,3-6,15,29H,2,7-10H2,(H2,26,27). The van der Waals surface area contributed by atoms with E-state index in [2.05, 4.69) is 9.84 Å². The van der Waals surface area contributed by atoms with Gasteiger partial charge in [0.1, 0.15) is 5.84 Å². The zero-order valence-electron chi connectivity index (χ0n) is 15.6. The van der Waals surface area contributed by atoms with Crippen molar-refractivity contribution >= 4 is 11.4 Å². The molecule has 0 saturated carbocycles. The van der Waals surface area contributed by atoms with E-state index in [1.54, 1.807) is 17.2 Å². The Hall–Kier alpha value is -2.69. The summed E-state index contributed by atoms with van der Waals surface area (Å²) in [7, 11) is 0. The first-order valence-corrected chi connectivity index (χ1v) is 9.04. The fourth-order valence-corrected chi connectivity index (χ4v) is 3.27. The monoisotopic (exact) mass is 435 g/mol. The van der Waals surface area contributed by atoms with Crippen LogP contribution in [0.15, 0.2) is 41.0 Å². The lowest BCUT2D eigenvalue weighted by atomic mass is 9.88. The van der Waals surface area contributed by atoms with Gasteiger partial charge >= 0.3 is 12.1 Å². The van der Waals surface area contributed by atoms with E-state index in [0.717, 1.165) is 6.07 Å². The maximum atomic E-state index is 14.3. The molecule has 30 heavy (non-hydrogen) atoms. The van der Waals surface area contributed by atoms with Crippen LogP contribution in [0.3, 0.4) is 0 Å². The van der Waals surface area contributed by atoms with Crippen LogP contribution in [0.4, 0.5) is 26.3 Å². The zero-order chi connectivity index (χ0) is 22.1. The first kappa shape index (κ1) is 22.0. The average Bonchev–Trinajstić information content (AvgIpc) is 2.99. The normalized spacial score (nSPS) is 19.2. The molecule has 0 spiro atoms. The van der Waals surface area contributed by atoms with Crippen molar-refractivity contribution in [3.8, 4) is 5.75 Å². The second kappa shape index (κ2) is 8.21. The van der Waals surface area contributed by atoms with Gasteiger partial charge in [0.2, 0.25) is 0 Å². The number of rotatable bonds is 7. The van der Waals surface area contributed by atoms with Gasteiger partial charge in [-0.2, -0.15) is 27.1 Å². The van der Waals surface area contributed by atoms with Crippen molar-refractivity contribution < 1.29 is 36.2 Å². The molecule has 1 unspecified atom stereocenters. The summed E-state index contributed by atoms with van der Waals surface area (Å²) in [6.07, 6.45) is -1.92. The fourth-order valence-electron chi connectivity index (χ4n) is 3.27. The molecule has 0 amide bonds. The molecule has 11 heteroatoms. The summed E-state index contributed by atoms with van der Waals surface area (Å²) < 4.78 is 82.7. The van der Waals surface area contributed by atoms with Gasteiger partial charge in [0.25, 0.3) is 0 Å². The van der Waals surface area contributed by atoms with E-state index in [-0.39, 0.29) is 30.5 Å². The van der Waals surface area contributed by atoms with E-state index < -0.39 is 30.3 Å². The molecule has 3 N–H and O–H groups in total. The van der Waals surface area contributed by atoms with Gasteiger partial charge in [0.05, 0.1) is 6.04 Å². The molecule has 0 saturated heterocycles. The smallest absolute Gasteiger partial charge is 0.456 e. The third kappa shape index (κ3) is 4.25. The summed E-state index contributed by atoms with van der Waals surface area (Å²) in [6.45, 7) is -1.70. The molecule has 1 heterocycles. The number of allylic oxidation sites excluding steroid dienone is 2. The number of benzene rings is 1. The predicted octanol–water partition coefficient (Wildman–Crippen LogP) is 3.45. The van der Waals surface area contributed by atoms with Gasteiger partial charge in [-0.25, -0.2) is 4.39 Å². The number of alkyl halides is 5. The summed E-state index contributed by atoms with van der Waals surface area (Å²) in [5.41, 5.74) is 7.14. The Morgan fingerprint density at radius 1 is 1.20 bits per heavy atom. The maximum Gasteiger partial charge on any atom is 0.456 e. The van der Waals surface area contributed by atoms with Crippen LogP contribution >= 0.6 is 0 Å². The number of para-hydroxylation sites is 1. The molecule has 0 radical (unpaired) electrons. The molecule has 1 aliphatic heterocycles. The summed E-state index contributed by atoms with van der Waals surface area (Å²) in [6, 6.07) is 3.28. The lowest BCUT2D eigenvalue weighted by Gasteiger charge is -2.28. The number of nitrogens with two attached hydrogens (primary N) is 1. The minimum atomic E-state index is -5.81. The summed E-state index contributed by atoms with van der Waals surface area (Å²) in [5, 5.41) is 14.9. The number of fused-ring (bicyclic) bond motifs is 1. The van der Waals surface area contributed by atoms with Gasteiger partial charge in [-0.05, 0) is 24.5 Å². The molecule has 164 valence electrons. The lowest BCUT2D eigenvalue weighted by Crippen LogP contribution is -2.42. The second-order valence-corrected chi connectivity index (χ2v) is 6.87. The Morgan fingerprint density at radius 3 is 2.60 bits per heavy atom. The topological polar surface area (TPSA) is 71.1 Å². The van der Waals surface area contributed by atoms with E-state index in [0.29, 0.717) is 24.1 Å². The van der Waals surface area contributed by atoms with E-state index in [4.69, 9.17) is 10.8 Å². The Labute approximate surface area is 168 Å². The average molecular weight is 435 g/mol. The third-order valence-electron chi connectivity index (χ3n) is 4.80. The van der Waals surface area contributed by atoms with E-state index in [1.807, 2.05) is 0 Å². The van der Waals surface area contributed by atoms with E-state index >= 15 is 0 Å². The van der Waals surface area contributed by atoms with Crippen LogP contribution in [-0.4, -0.2) is 53.9 Å². The van der Waals surface area contributed by atoms with E-state index in [1.165, 1.54) is 12.1 Å². The first-order valence-electron chi connectivity index (χ1n) is 9.04. The minimum absolute atomic E-state index is 0.0598. The van der Waals surface area contributed by atoms with Crippen LogP contribution in [-0.2, 0) is 0 Å². The second-order valence-electron chi connectivity index (χ2n) is 6.87. The van der Waals surface area contributed by atoms with Crippen molar-refractivity contribution in [2.75, 3.05) is 19.8 Å². The number of halogens is 6. The molecule has 1 aliphatic carbocycles. The molecule has 5 nitrogen and oxygen atoms in total. The number of aliphatic hydroxyl groups excluding tert-OH is 1. The van der Waals surface area contributed by atoms with Crippen LogP contribution in [0.5, 0.6) is 5.75 Å². The van der Waals surface area contributed by atoms with Gasteiger partial charge in [-0.1, -0.05) is 24.3 Å². The number of amidine groups is 1. The first-order chi connectivity index (χ1) is 14.0. The predicted molar refractivity (Wildman–Crippen MR) is 97.4 cm³/mol. The minimum Gasteiger partial charge on any atom is -0.483 e. The van der Waals surface area contributed by atoms with Crippen LogP contribution in [0.2, 0.25) is 0 Å². The largest absolute Gasteiger partial charge is 0.483 e.